The first-order valence-electron chi connectivity index (χ1n) is 8.79. The third-order valence-electron chi connectivity index (χ3n) is 5.24. The van der Waals surface area contributed by atoms with Crippen LogP contribution in [0.1, 0.15) is 29.8 Å². The van der Waals surface area contributed by atoms with Crippen molar-refractivity contribution in [3.63, 3.8) is 0 Å². The molecule has 1 N–H and O–H groups in total. The van der Waals surface area contributed by atoms with Gasteiger partial charge in [0.1, 0.15) is 5.69 Å². The molecule has 2 saturated heterocycles. The third kappa shape index (κ3) is 3.61. The number of amides is 2. The fourth-order valence-corrected chi connectivity index (χ4v) is 3.84. The van der Waals surface area contributed by atoms with Gasteiger partial charge in [-0.2, -0.15) is 0 Å². The number of anilines is 1. The first-order valence-corrected chi connectivity index (χ1v) is 8.79. The minimum absolute atomic E-state index is 0.207. The zero-order valence-corrected chi connectivity index (χ0v) is 15.0. The molecule has 0 aromatic carbocycles. The molecule has 7 nitrogen and oxygen atoms in total. The Morgan fingerprint density at radius 1 is 1.40 bits per heavy atom. The van der Waals surface area contributed by atoms with Crippen molar-refractivity contribution in [2.24, 2.45) is 5.41 Å². The molecule has 2 amide bonds. The average Bonchev–Trinajstić information content (AvgIpc) is 3.05. The van der Waals surface area contributed by atoms with Gasteiger partial charge in [0.2, 0.25) is 5.91 Å². The molecular weight excluding hydrogens is 320 g/mol. The van der Waals surface area contributed by atoms with Crippen LogP contribution in [0.2, 0.25) is 0 Å². The van der Waals surface area contributed by atoms with Crippen LogP contribution in [-0.2, 0) is 9.53 Å². The highest BCUT2D eigenvalue weighted by atomic mass is 16.5. The lowest BCUT2D eigenvalue weighted by Gasteiger charge is -2.37. The van der Waals surface area contributed by atoms with Gasteiger partial charge in [0.15, 0.2) is 0 Å². The molecule has 0 radical (unpaired) electrons. The van der Waals surface area contributed by atoms with Crippen LogP contribution in [-0.4, -0.2) is 68.6 Å². The van der Waals surface area contributed by atoms with E-state index in [1.165, 1.54) is 0 Å². The standard InChI is InChI=1S/C18H26N4O3/c1-21-9-3-5-18(17(21)24)6-10-22(13-18)14-4-7-19-15(12-14)16(23)20-8-11-25-2/h4,7,12H,3,5-6,8-11,13H2,1-2H3,(H,20,23). The Hall–Kier alpha value is -2.15. The Labute approximate surface area is 148 Å². The van der Waals surface area contributed by atoms with Crippen LogP contribution in [0.25, 0.3) is 0 Å². The number of aromatic nitrogens is 1. The molecular formula is C18H26N4O3. The first kappa shape index (κ1) is 17.7. The molecule has 1 atom stereocenters. The number of likely N-dealkylation sites (tertiary alicyclic amines) is 1. The summed E-state index contributed by atoms with van der Waals surface area (Å²) in [5.41, 5.74) is 1.07. The summed E-state index contributed by atoms with van der Waals surface area (Å²) >= 11 is 0. The van der Waals surface area contributed by atoms with Crippen LogP contribution in [0.4, 0.5) is 5.69 Å². The topological polar surface area (TPSA) is 74.8 Å². The number of carbonyl (C=O) groups is 2. The SMILES string of the molecule is COCCNC(=O)c1cc(N2CCC3(CCCN(C)C3=O)C2)ccn1. The van der Waals surface area contributed by atoms with Crippen molar-refractivity contribution < 1.29 is 14.3 Å². The van der Waals surface area contributed by atoms with Crippen molar-refractivity contribution in [2.75, 3.05) is 51.8 Å². The van der Waals surface area contributed by atoms with Gasteiger partial charge in [-0.15, -0.1) is 0 Å². The van der Waals surface area contributed by atoms with Crippen LogP contribution in [0.3, 0.4) is 0 Å². The van der Waals surface area contributed by atoms with E-state index in [0.29, 0.717) is 25.4 Å². The van der Waals surface area contributed by atoms with Gasteiger partial charge in [-0.05, 0) is 31.4 Å². The van der Waals surface area contributed by atoms with Gasteiger partial charge in [-0.3, -0.25) is 14.6 Å². The number of nitrogens with one attached hydrogen (secondary N) is 1. The largest absolute Gasteiger partial charge is 0.383 e. The monoisotopic (exact) mass is 346 g/mol. The van der Waals surface area contributed by atoms with Crippen molar-refractivity contribution in [2.45, 2.75) is 19.3 Å². The highest BCUT2D eigenvalue weighted by Gasteiger charge is 2.47. The molecule has 3 rings (SSSR count). The molecule has 0 bridgehead atoms. The second kappa shape index (κ2) is 7.39. The second-order valence-corrected chi connectivity index (χ2v) is 6.93. The summed E-state index contributed by atoms with van der Waals surface area (Å²) in [5.74, 6) is 0.0501. The lowest BCUT2D eigenvalue weighted by atomic mass is 9.78. The molecule has 2 aliphatic rings. The van der Waals surface area contributed by atoms with Crippen LogP contribution in [0.15, 0.2) is 18.3 Å². The molecule has 1 spiro atoms. The van der Waals surface area contributed by atoms with E-state index in [1.54, 1.807) is 19.4 Å². The number of hydrogen-bond donors (Lipinski definition) is 1. The normalized spacial score (nSPS) is 23.4. The van der Waals surface area contributed by atoms with Gasteiger partial charge in [0, 0.05) is 52.2 Å². The summed E-state index contributed by atoms with van der Waals surface area (Å²) < 4.78 is 4.94. The number of hydrogen-bond acceptors (Lipinski definition) is 5. The maximum atomic E-state index is 12.7. The Morgan fingerprint density at radius 2 is 2.24 bits per heavy atom. The van der Waals surface area contributed by atoms with Crippen molar-refractivity contribution in [1.82, 2.24) is 15.2 Å². The Balaban J connectivity index is 1.70. The predicted molar refractivity (Wildman–Crippen MR) is 94.6 cm³/mol. The van der Waals surface area contributed by atoms with E-state index in [-0.39, 0.29) is 17.2 Å². The van der Waals surface area contributed by atoms with Crippen LogP contribution < -0.4 is 10.2 Å². The minimum Gasteiger partial charge on any atom is -0.383 e. The van der Waals surface area contributed by atoms with Crippen molar-refractivity contribution >= 4 is 17.5 Å². The molecule has 0 saturated carbocycles. The zero-order valence-electron chi connectivity index (χ0n) is 15.0. The van der Waals surface area contributed by atoms with Gasteiger partial charge >= 0.3 is 0 Å². The van der Waals surface area contributed by atoms with Gasteiger partial charge in [-0.25, -0.2) is 0 Å². The molecule has 2 fully saturated rings. The van der Waals surface area contributed by atoms with Crippen molar-refractivity contribution in [3.8, 4) is 0 Å². The van der Waals surface area contributed by atoms with E-state index in [9.17, 15) is 9.59 Å². The summed E-state index contributed by atoms with van der Waals surface area (Å²) in [7, 11) is 3.49. The highest BCUT2D eigenvalue weighted by molar-refractivity contribution is 5.93. The molecule has 25 heavy (non-hydrogen) atoms. The van der Waals surface area contributed by atoms with Crippen LogP contribution >= 0.6 is 0 Å². The summed E-state index contributed by atoms with van der Waals surface area (Å²) in [6.07, 6.45) is 4.52. The maximum Gasteiger partial charge on any atom is 0.270 e. The number of pyridine rings is 1. The maximum absolute atomic E-state index is 12.7. The average molecular weight is 346 g/mol. The van der Waals surface area contributed by atoms with Gasteiger partial charge in [0.05, 0.1) is 12.0 Å². The fraction of sp³-hybridized carbons (Fsp3) is 0.611. The van der Waals surface area contributed by atoms with Crippen molar-refractivity contribution in [1.29, 1.82) is 0 Å². The molecule has 7 heteroatoms. The molecule has 1 unspecified atom stereocenters. The molecule has 1 aromatic heterocycles. The van der Waals surface area contributed by atoms with E-state index in [1.807, 2.05) is 18.0 Å². The number of carbonyl (C=O) groups excluding carboxylic acids is 2. The molecule has 136 valence electrons. The summed E-state index contributed by atoms with van der Waals surface area (Å²) in [6.45, 7) is 3.31. The van der Waals surface area contributed by atoms with Gasteiger partial charge in [-0.1, -0.05) is 0 Å². The summed E-state index contributed by atoms with van der Waals surface area (Å²) in [6, 6.07) is 3.71. The second-order valence-electron chi connectivity index (χ2n) is 6.93. The number of rotatable bonds is 5. The fourth-order valence-electron chi connectivity index (χ4n) is 3.84. The van der Waals surface area contributed by atoms with Gasteiger partial charge < -0.3 is 19.9 Å². The van der Waals surface area contributed by atoms with E-state index in [4.69, 9.17) is 4.74 Å². The number of methoxy groups -OCH3 is 1. The number of nitrogens with zero attached hydrogens (tertiary/aromatic N) is 3. The van der Waals surface area contributed by atoms with Crippen LogP contribution in [0.5, 0.6) is 0 Å². The first-order chi connectivity index (χ1) is 12.1. The van der Waals surface area contributed by atoms with Crippen LogP contribution in [0, 0.1) is 5.41 Å². The van der Waals surface area contributed by atoms with E-state index in [2.05, 4.69) is 15.2 Å². The summed E-state index contributed by atoms with van der Waals surface area (Å²) in [4.78, 5) is 33.0. The minimum atomic E-state index is -0.267. The molecule has 3 heterocycles. The van der Waals surface area contributed by atoms with Crippen molar-refractivity contribution in [3.05, 3.63) is 24.0 Å². The van der Waals surface area contributed by atoms with E-state index < -0.39 is 0 Å². The molecule has 2 aliphatic heterocycles. The number of ether oxygens (including phenoxy) is 1. The molecule has 1 aromatic rings. The van der Waals surface area contributed by atoms with E-state index >= 15 is 0 Å². The quantitative estimate of drug-likeness (QED) is 0.802. The Morgan fingerprint density at radius 3 is 3.04 bits per heavy atom. The Bertz CT molecular complexity index is 651. The third-order valence-corrected chi connectivity index (χ3v) is 5.24. The number of piperidine rings is 1. The van der Waals surface area contributed by atoms with Gasteiger partial charge in [0.25, 0.3) is 5.91 Å². The smallest absolute Gasteiger partial charge is 0.270 e. The highest BCUT2D eigenvalue weighted by Crippen LogP contribution is 2.41. The summed E-state index contributed by atoms with van der Waals surface area (Å²) in [5, 5.41) is 2.78. The predicted octanol–water partition coefficient (Wildman–Crippen LogP) is 0.906. The lowest BCUT2D eigenvalue weighted by Crippen LogP contribution is -2.48. The zero-order chi connectivity index (χ0) is 17.9. The Kier molecular flexibility index (Phi) is 5.22. The molecule has 0 aliphatic carbocycles. The lowest BCUT2D eigenvalue weighted by molar-refractivity contribution is -0.143. The van der Waals surface area contributed by atoms with E-state index in [0.717, 1.165) is 38.0 Å².